The van der Waals surface area contributed by atoms with Crippen molar-refractivity contribution >= 4 is 112 Å². The summed E-state index contributed by atoms with van der Waals surface area (Å²) in [5, 5.41) is 14.9. The van der Waals surface area contributed by atoms with E-state index in [1.165, 1.54) is 19.6 Å². The molecule has 10 bridgehead atoms. The Bertz CT molecular complexity index is 3850. The molecule has 0 spiro atoms. The van der Waals surface area contributed by atoms with Crippen LogP contribution in [0.1, 0.15) is 89.9 Å². The number of carbonyl (C=O) groups is 10. The summed E-state index contributed by atoms with van der Waals surface area (Å²) in [7, 11) is -23.8. The number of hydrogen-bond donors (Lipinski definition) is 12. The van der Waals surface area contributed by atoms with Gasteiger partial charge in [0.2, 0.25) is 17.7 Å². The molecule has 0 aromatic heterocycles. The summed E-state index contributed by atoms with van der Waals surface area (Å²) in [6, 6.07) is -9.17. The number of hydroxylamine groups is 11. The first-order valence-electron chi connectivity index (χ1n) is 31.8. The zero-order chi connectivity index (χ0) is 75.8. The Kier molecular flexibility index (Phi) is 26.6. The Balaban J connectivity index is 0.000000165. The van der Waals surface area contributed by atoms with E-state index in [0.29, 0.717) is 96.1 Å². The fourth-order valence-electron chi connectivity index (χ4n) is 13.5. The molecule has 12 aliphatic heterocycles. The van der Waals surface area contributed by atoms with Gasteiger partial charge in [-0.3, -0.25) is 61.3 Å². The van der Waals surface area contributed by atoms with E-state index in [4.69, 9.17) is 45.6 Å². The summed E-state index contributed by atoms with van der Waals surface area (Å²) in [6.07, 6.45) is 6.69. The van der Waals surface area contributed by atoms with E-state index < -0.39 is 160 Å². The van der Waals surface area contributed by atoms with Crippen LogP contribution in [-0.4, -0.2) is 319 Å². The molecule has 49 nitrogen and oxygen atoms in total. The fourth-order valence-corrected chi connectivity index (χ4v) is 15.4. The predicted molar refractivity (Wildman–Crippen MR) is 334 cm³/mol. The van der Waals surface area contributed by atoms with Crippen molar-refractivity contribution in [3.63, 3.8) is 0 Å². The largest absolute Gasteiger partial charge is 0.418 e. The fraction of sp³-hybridized carbons (Fsp3) is 0.776. The van der Waals surface area contributed by atoms with Crippen LogP contribution in [0.25, 0.3) is 4.85 Å². The molecule has 12 rings (SSSR count). The Hall–Kier alpha value is -7.42. The minimum atomic E-state index is -4.82. The molecule has 12 aliphatic rings. The van der Waals surface area contributed by atoms with Gasteiger partial charge in [0.1, 0.15) is 24.2 Å². The molecule has 11 atom stereocenters. The van der Waals surface area contributed by atoms with E-state index in [-0.39, 0.29) is 76.1 Å². The van der Waals surface area contributed by atoms with Crippen LogP contribution in [0, 0.1) is 12.5 Å². The number of piperidine rings is 7. The molecule has 12 saturated heterocycles. The smallest absolute Gasteiger partial charge is 0.368 e. The van der Waals surface area contributed by atoms with Gasteiger partial charge in [-0.2, -0.15) is 67.4 Å². The van der Waals surface area contributed by atoms with Crippen molar-refractivity contribution in [3.05, 3.63) is 11.4 Å². The molecule has 54 heteroatoms. The molecular formula is C49H78N18O31S5. The number of nitrogens with one attached hydrogen (secondary N) is 5. The molecular weight excluding hydrogens is 1500 g/mol. The van der Waals surface area contributed by atoms with Gasteiger partial charge >= 0.3 is 88.3 Å². The van der Waals surface area contributed by atoms with E-state index in [9.17, 15) is 90.0 Å². The molecule has 0 aromatic rings. The van der Waals surface area contributed by atoms with Crippen molar-refractivity contribution in [1.82, 2.24) is 76.6 Å². The van der Waals surface area contributed by atoms with Crippen LogP contribution in [0.4, 0.5) is 24.0 Å². The first-order valence-corrected chi connectivity index (χ1v) is 38.6. The number of rotatable bonds is 21. The van der Waals surface area contributed by atoms with Crippen molar-refractivity contribution in [3.8, 4) is 0 Å². The Morgan fingerprint density at radius 1 is 0.476 bits per heavy atom. The number of primary amides is 1. The molecule has 580 valence electrons. The molecule has 12 fully saturated rings. The normalized spacial score (nSPS) is 28.2. The molecule has 103 heavy (non-hydrogen) atoms. The van der Waals surface area contributed by atoms with Crippen LogP contribution >= 0.6 is 0 Å². The zero-order valence-electron chi connectivity index (χ0n) is 54.3. The van der Waals surface area contributed by atoms with Gasteiger partial charge in [0, 0.05) is 57.6 Å². The number of urea groups is 5. The van der Waals surface area contributed by atoms with Crippen LogP contribution in [0.3, 0.4) is 0 Å². The summed E-state index contributed by atoms with van der Waals surface area (Å²) in [6.45, 7) is 11.2. The second-order valence-electron chi connectivity index (χ2n) is 24.9. The van der Waals surface area contributed by atoms with Gasteiger partial charge in [-0.15, -0.1) is 21.4 Å². The van der Waals surface area contributed by atoms with E-state index in [1.54, 1.807) is 0 Å². The second kappa shape index (κ2) is 33.8. The highest BCUT2D eigenvalue weighted by Gasteiger charge is 2.54. The standard InChI is InChI=1S/C14H22N4O7S.C12H20N4O6S.C9H16N4O7S.C7H11N3O6S.C7H9N3O5S/c19-12(9-2-1-5-15-6-9)7-16-13(20)11-4-3-10-8-17(11)14(21)18(10)25-26(22,23)24;17-11(14-8-3-5-13-6-4-8)10-2-1-9-7-15(10)12(18)16(9)22-23(19,20)21;10-3-4-19-11-8(14)7-2-1-6-5-12(7)9(15)13(6)20-21(16,17)18;8-6(11)5-2-1-4-3-9(5)7(12)10(4)16-17(13,14)15;1-8-6-3-2-5-4-9(6)7(11)10(5)15-16(12,13)14/h9-11,15H,1-8H2,(H,16,20)(H,22,23,24);8-10,13H,1-7H2,(H,14,17)(H,19,20,21);6-7H,1-5,10H2,(H,11,14)(H,16,17,18);4-5H,1-3H2,(H2,8,11)(H,13,14,15);5-6H,2-4H2,(H,12,13,14)/t9-,10-,11+;9-,10+;6-,7+;4-,5+;5-,6+/m11111/s1. The Labute approximate surface area is 588 Å². The topological polar surface area (TPSA) is 647 Å². The summed E-state index contributed by atoms with van der Waals surface area (Å²) in [4.78, 5) is 134. The van der Waals surface area contributed by atoms with Crippen molar-refractivity contribution in [2.75, 3.05) is 78.6 Å². The van der Waals surface area contributed by atoms with Gasteiger partial charge < -0.3 is 52.3 Å². The molecule has 0 unspecified atom stereocenters. The van der Waals surface area contributed by atoms with Crippen LogP contribution in [0.2, 0.25) is 0 Å². The second-order valence-corrected chi connectivity index (χ2v) is 29.9. The number of hydrogen-bond acceptors (Lipinski definition) is 29. The van der Waals surface area contributed by atoms with Crippen LogP contribution in [-0.2, 0) is 102 Å². The third kappa shape index (κ3) is 21.4. The number of fused-ring (bicyclic) bond motifs is 10. The highest BCUT2D eigenvalue weighted by atomic mass is 32.3. The van der Waals surface area contributed by atoms with Gasteiger partial charge in [0.05, 0.1) is 49.9 Å². The molecule has 12 heterocycles. The molecule has 0 radical (unpaired) electrons. The van der Waals surface area contributed by atoms with Crippen molar-refractivity contribution in [2.24, 2.45) is 17.4 Å². The Morgan fingerprint density at radius 2 is 0.835 bits per heavy atom. The number of nitrogens with two attached hydrogens (primary N) is 2. The minimum absolute atomic E-state index is 0.0525. The molecule has 0 aromatic carbocycles. The highest BCUT2D eigenvalue weighted by molar-refractivity contribution is 7.81. The lowest BCUT2D eigenvalue weighted by Gasteiger charge is -2.32. The number of ketones is 1. The van der Waals surface area contributed by atoms with Gasteiger partial charge in [0.15, 0.2) is 5.78 Å². The van der Waals surface area contributed by atoms with Crippen LogP contribution in [0.15, 0.2) is 0 Å². The quantitative estimate of drug-likeness (QED) is 0.0220. The van der Waals surface area contributed by atoms with Gasteiger partial charge in [-0.1, -0.05) is 0 Å². The zero-order valence-corrected chi connectivity index (χ0v) is 58.4. The summed E-state index contributed by atoms with van der Waals surface area (Å²) < 4.78 is 172. The first-order chi connectivity index (χ1) is 48.2. The summed E-state index contributed by atoms with van der Waals surface area (Å²) >= 11 is 0. The average Bonchev–Trinajstić information content (AvgIpc) is 1.66. The average molecular weight is 1580 g/mol. The SMILES string of the molecule is NC(=O)[C@@H]1CC[C@@H]2CN1C(=O)N2OS(=O)(=O)O.NCCONC(=O)[C@@H]1CC[C@@H]2CN1C(=O)N2OS(=O)(=O)O.O=C(CNC(=O)[C@@H]1CC[C@@H]2CN1C(=O)N2OS(=O)(=O)O)[C@@H]1CCCNC1.O=C(NC1CCNCC1)[C@@H]1CC[C@@H]2CN1C(=O)N2OS(=O)(=O)O.[C-]#[N+][C@@H]1CC[C@@H]2CN1C(=O)N2OS(=O)(=O)O. The lowest BCUT2D eigenvalue weighted by molar-refractivity contribution is -0.138. The van der Waals surface area contributed by atoms with Crippen molar-refractivity contribution < 1.29 is 139 Å². The van der Waals surface area contributed by atoms with E-state index >= 15 is 0 Å². The third-order valence-corrected chi connectivity index (χ3v) is 19.9. The highest BCUT2D eigenvalue weighted by Crippen LogP contribution is 2.36. The lowest BCUT2D eigenvalue weighted by atomic mass is 9.95. The molecule has 14 N–H and O–H groups in total. The summed E-state index contributed by atoms with van der Waals surface area (Å²) in [5.41, 5.74) is 12.5. The number of carbonyl (C=O) groups excluding carboxylic acids is 10. The number of nitrogens with zero attached hydrogens (tertiary/aromatic N) is 11. The van der Waals surface area contributed by atoms with Crippen molar-refractivity contribution in [2.45, 2.75) is 156 Å². The maximum absolute atomic E-state index is 12.4. The van der Waals surface area contributed by atoms with Gasteiger partial charge in [-0.25, -0.2) is 36.0 Å². The Morgan fingerprint density at radius 3 is 1.20 bits per heavy atom. The predicted octanol–water partition coefficient (Wildman–Crippen LogP) is -6.13. The summed E-state index contributed by atoms with van der Waals surface area (Å²) in [5.74, 6) is -2.02. The van der Waals surface area contributed by atoms with Gasteiger partial charge in [0.25, 0.3) is 5.91 Å². The maximum Gasteiger partial charge on any atom is 0.418 e. The van der Waals surface area contributed by atoms with Crippen LogP contribution in [0.5, 0.6) is 0 Å². The van der Waals surface area contributed by atoms with E-state index in [2.05, 4.69) is 53.0 Å². The van der Waals surface area contributed by atoms with E-state index in [1.807, 2.05) is 0 Å². The molecule has 0 aliphatic carbocycles. The van der Waals surface area contributed by atoms with Gasteiger partial charge in [-0.05, 0) is 103 Å². The van der Waals surface area contributed by atoms with Crippen LogP contribution < -0.4 is 38.2 Å². The number of Topliss-reactive ketones (excluding diaryl/α,β-unsaturated/α-hetero) is 1. The van der Waals surface area contributed by atoms with Crippen molar-refractivity contribution in [1.29, 1.82) is 0 Å². The minimum Gasteiger partial charge on any atom is -0.368 e. The molecule has 14 amide bonds. The monoisotopic (exact) mass is 1570 g/mol. The number of amides is 14. The lowest BCUT2D eigenvalue weighted by Crippen LogP contribution is -2.53. The first kappa shape index (κ1) is 81.3. The third-order valence-electron chi connectivity index (χ3n) is 18.1. The molecule has 0 saturated carbocycles. The maximum atomic E-state index is 12.4. The van der Waals surface area contributed by atoms with E-state index in [0.717, 1.165) is 50.2 Å².